The summed E-state index contributed by atoms with van der Waals surface area (Å²) < 4.78 is 2.27. The van der Waals surface area contributed by atoms with Crippen molar-refractivity contribution in [1.29, 1.82) is 0 Å². The minimum absolute atomic E-state index is 0.0795. The Hall–Kier alpha value is -2.96. The van der Waals surface area contributed by atoms with Crippen molar-refractivity contribution in [3.8, 4) is 0 Å². The number of ketones is 2. The fraction of sp³-hybridized carbons (Fsp3) is 0.250. The summed E-state index contributed by atoms with van der Waals surface area (Å²) in [6.07, 6.45) is 3.39. The van der Waals surface area contributed by atoms with Crippen molar-refractivity contribution in [3.05, 3.63) is 58.7 Å². The monoisotopic (exact) mass is 416 g/mol. The topological polar surface area (TPSA) is 75.1 Å². The molecule has 0 saturated carbocycles. The Bertz CT molecular complexity index is 1380. The second kappa shape index (κ2) is 6.52. The number of carbonyl (C=O) groups excluding carboxylic acids is 2. The molecule has 0 radical (unpaired) electrons. The van der Waals surface area contributed by atoms with Crippen molar-refractivity contribution in [3.63, 3.8) is 0 Å². The van der Waals surface area contributed by atoms with Gasteiger partial charge in [-0.15, -0.1) is 11.3 Å². The lowest BCUT2D eigenvalue weighted by atomic mass is 9.89. The predicted octanol–water partition coefficient (Wildman–Crippen LogP) is 4.19. The molecule has 6 rings (SSSR count). The summed E-state index contributed by atoms with van der Waals surface area (Å²) in [5.74, 6) is -0.0434. The van der Waals surface area contributed by atoms with E-state index in [0.717, 1.165) is 50.9 Å². The van der Waals surface area contributed by atoms with Crippen molar-refractivity contribution in [2.75, 3.05) is 6.61 Å². The van der Waals surface area contributed by atoms with Crippen LogP contribution in [0.25, 0.3) is 32.3 Å². The lowest BCUT2D eigenvalue weighted by Gasteiger charge is -2.24. The third-order valence-corrected chi connectivity index (χ3v) is 7.38. The van der Waals surface area contributed by atoms with Gasteiger partial charge in [0.05, 0.1) is 6.42 Å². The number of rotatable bonds is 3. The molecular weight excluding hydrogens is 396 g/mol. The number of aromatic nitrogens is 2. The number of benzene rings is 1. The van der Waals surface area contributed by atoms with Gasteiger partial charge in [0.15, 0.2) is 11.6 Å². The number of hydrogen-bond acceptors (Lipinski definition) is 4. The molecule has 150 valence electrons. The molecule has 0 fully saturated rings. The summed E-state index contributed by atoms with van der Waals surface area (Å²) in [7, 11) is 0. The third kappa shape index (κ3) is 2.38. The van der Waals surface area contributed by atoms with Crippen LogP contribution >= 0.6 is 11.3 Å². The van der Waals surface area contributed by atoms with Gasteiger partial charge in [-0.1, -0.05) is 18.2 Å². The van der Waals surface area contributed by atoms with Crippen LogP contribution < -0.4 is 0 Å². The number of hydrogen-bond donors (Lipinski definition) is 2. The Morgan fingerprint density at radius 3 is 2.80 bits per heavy atom. The lowest BCUT2D eigenvalue weighted by molar-refractivity contribution is -0.119. The summed E-state index contributed by atoms with van der Waals surface area (Å²) >= 11 is 1.59. The molecule has 1 unspecified atom stereocenters. The number of fused-ring (bicyclic) bond motifs is 4. The van der Waals surface area contributed by atoms with Gasteiger partial charge in [0.2, 0.25) is 0 Å². The van der Waals surface area contributed by atoms with Gasteiger partial charge in [-0.3, -0.25) is 9.59 Å². The Morgan fingerprint density at radius 1 is 1.10 bits per heavy atom. The number of aryl methyl sites for hydroxylation is 1. The highest BCUT2D eigenvalue weighted by atomic mass is 32.1. The second-order valence-corrected chi connectivity index (χ2v) is 9.09. The number of aliphatic hydroxyl groups is 1. The molecule has 1 aromatic carbocycles. The molecule has 30 heavy (non-hydrogen) atoms. The first-order valence-corrected chi connectivity index (χ1v) is 11.1. The fourth-order valence-corrected chi connectivity index (χ4v) is 5.92. The quantitative estimate of drug-likeness (QED) is 0.492. The van der Waals surface area contributed by atoms with Crippen LogP contribution in [-0.4, -0.2) is 32.8 Å². The van der Waals surface area contributed by atoms with Gasteiger partial charge in [-0.2, -0.15) is 0 Å². The molecule has 4 heterocycles. The minimum Gasteiger partial charge on any atom is -0.396 e. The highest BCUT2D eigenvalue weighted by Crippen LogP contribution is 2.44. The third-order valence-electron chi connectivity index (χ3n) is 6.53. The largest absolute Gasteiger partial charge is 0.396 e. The van der Waals surface area contributed by atoms with Crippen LogP contribution in [0.1, 0.15) is 29.7 Å². The molecule has 0 bridgehead atoms. The lowest BCUT2D eigenvalue weighted by Crippen LogP contribution is -2.22. The van der Waals surface area contributed by atoms with Crippen molar-refractivity contribution in [2.24, 2.45) is 5.92 Å². The standard InChI is InChI=1S/C24H20N2O3S/c27-12-13-5-7-26-17-4-2-1-3-15(17)21(18(26)9-13)23-20(29)10-19(28)22(23)16-11-25-24-14(16)6-8-30-24/h1-4,6,8,11,13,25,27H,5,7,9-10,12H2. The fourth-order valence-electron chi connectivity index (χ4n) is 5.15. The van der Waals surface area contributed by atoms with Gasteiger partial charge in [0, 0.05) is 63.6 Å². The van der Waals surface area contributed by atoms with Crippen molar-refractivity contribution in [2.45, 2.75) is 25.8 Å². The summed E-state index contributed by atoms with van der Waals surface area (Å²) in [6, 6.07) is 10.1. The number of thiophene rings is 1. The van der Waals surface area contributed by atoms with E-state index in [-0.39, 0.29) is 30.5 Å². The maximum Gasteiger partial charge on any atom is 0.172 e. The molecule has 1 atom stereocenters. The number of aromatic amines is 1. The molecule has 0 saturated heterocycles. The van der Waals surface area contributed by atoms with Crippen LogP contribution in [0, 0.1) is 5.92 Å². The number of aliphatic hydroxyl groups excluding tert-OH is 1. The molecule has 0 spiro atoms. The van der Waals surface area contributed by atoms with Gasteiger partial charge in [-0.05, 0) is 36.3 Å². The molecule has 1 aliphatic heterocycles. The Morgan fingerprint density at radius 2 is 1.93 bits per heavy atom. The molecule has 6 heteroatoms. The number of H-pyrrole nitrogens is 1. The smallest absolute Gasteiger partial charge is 0.172 e. The molecule has 2 N–H and O–H groups in total. The number of nitrogens with one attached hydrogen (secondary N) is 1. The molecule has 5 nitrogen and oxygen atoms in total. The SMILES string of the molecule is O=C1CC(=O)C(c2c3n(c4ccccc24)CCC(CO)C3)=C1c1c[nH]c2sccc12. The predicted molar refractivity (Wildman–Crippen MR) is 118 cm³/mol. The number of allylic oxidation sites excluding steroid dienone is 2. The second-order valence-electron chi connectivity index (χ2n) is 8.17. The summed E-state index contributed by atoms with van der Waals surface area (Å²) in [5, 5.41) is 13.8. The van der Waals surface area contributed by atoms with Crippen LogP contribution in [0.15, 0.2) is 41.9 Å². The summed E-state index contributed by atoms with van der Waals surface area (Å²) in [4.78, 5) is 30.5. The van der Waals surface area contributed by atoms with Gasteiger partial charge < -0.3 is 14.7 Å². The Labute approximate surface area is 176 Å². The molecule has 3 aromatic heterocycles. The van der Waals surface area contributed by atoms with E-state index in [2.05, 4.69) is 15.6 Å². The zero-order valence-electron chi connectivity index (χ0n) is 16.3. The van der Waals surface area contributed by atoms with Crippen LogP contribution in [-0.2, 0) is 22.6 Å². The van der Waals surface area contributed by atoms with Crippen LogP contribution in [0.4, 0.5) is 0 Å². The highest BCUT2D eigenvalue weighted by molar-refractivity contribution is 7.16. The van der Waals surface area contributed by atoms with Gasteiger partial charge in [-0.25, -0.2) is 0 Å². The maximum absolute atomic E-state index is 13.2. The zero-order chi connectivity index (χ0) is 20.4. The summed E-state index contributed by atoms with van der Waals surface area (Å²) in [6.45, 7) is 0.942. The number of para-hydroxylation sites is 1. The van der Waals surface area contributed by atoms with E-state index in [1.807, 2.05) is 35.8 Å². The van der Waals surface area contributed by atoms with Crippen molar-refractivity contribution in [1.82, 2.24) is 9.55 Å². The van der Waals surface area contributed by atoms with Crippen molar-refractivity contribution >= 4 is 55.2 Å². The number of carbonyl (C=O) groups is 2. The minimum atomic E-state index is -0.111. The molecule has 4 aromatic rings. The van der Waals surface area contributed by atoms with E-state index in [1.54, 1.807) is 11.3 Å². The first-order chi connectivity index (χ1) is 14.7. The Balaban J connectivity index is 1.70. The van der Waals surface area contributed by atoms with E-state index in [4.69, 9.17) is 0 Å². The average molecular weight is 417 g/mol. The van der Waals surface area contributed by atoms with E-state index in [0.29, 0.717) is 17.6 Å². The first kappa shape index (κ1) is 17.9. The van der Waals surface area contributed by atoms with Gasteiger partial charge in [0.1, 0.15) is 4.83 Å². The number of Topliss-reactive ketones (excluding diaryl/α,β-unsaturated/α-hetero) is 2. The summed E-state index contributed by atoms with van der Waals surface area (Å²) in [5.41, 5.74) is 4.95. The average Bonchev–Trinajstić information content (AvgIpc) is 3.49. The van der Waals surface area contributed by atoms with E-state index < -0.39 is 0 Å². The van der Waals surface area contributed by atoms with Crippen LogP contribution in [0.2, 0.25) is 0 Å². The molecule has 1 aliphatic carbocycles. The maximum atomic E-state index is 13.2. The van der Waals surface area contributed by atoms with E-state index in [9.17, 15) is 14.7 Å². The molecule has 2 aliphatic rings. The zero-order valence-corrected chi connectivity index (χ0v) is 17.1. The highest BCUT2D eigenvalue weighted by Gasteiger charge is 2.37. The van der Waals surface area contributed by atoms with Gasteiger partial charge >= 0.3 is 0 Å². The Kier molecular flexibility index (Phi) is 3.88. The van der Waals surface area contributed by atoms with Gasteiger partial charge in [0.25, 0.3) is 0 Å². The van der Waals surface area contributed by atoms with E-state index >= 15 is 0 Å². The molecular formula is C24H20N2O3S. The van der Waals surface area contributed by atoms with Crippen molar-refractivity contribution < 1.29 is 14.7 Å². The number of nitrogens with zero attached hydrogens (tertiary/aromatic N) is 1. The van der Waals surface area contributed by atoms with Crippen LogP contribution in [0.3, 0.4) is 0 Å². The normalized spacial score (nSPS) is 19.4. The van der Waals surface area contributed by atoms with Crippen LogP contribution in [0.5, 0.6) is 0 Å². The first-order valence-electron chi connectivity index (χ1n) is 10.2. The molecule has 0 amide bonds. The van der Waals surface area contributed by atoms with E-state index in [1.165, 1.54) is 0 Å².